The maximum Gasteiger partial charge on any atom is 0.313 e. The molecule has 1 spiro atoms. The first kappa shape index (κ1) is 36.0. The van der Waals surface area contributed by atoms with Gasteiger partial charge in [0.25, 0.3) is 5.91 Å². The Labute approximate surface area is 310 Å². The van der Waals surface area contributed by atoms with Crippen molar-refractivity contribution in [3.63, 3.8) is 0 Å². The SMILES string of the molecule is CC[C@H](C)[C@H](CO)N1C(=O)[C@@H]2[C@H]3C(=O)O[C@@H](c4ccccc4)[C@H](C)NC(=O)CC/C=C\CN(Cn4nnc5ccccc54)C(=O)[C@@H]1[C@]21C=C(Br)[C@H]3O1. The van der Waals surface area contributed by atoms with E-state index in [-0.39, 0.29) is 31.5 Å². The molecule has 9 atom stereocenters. The quantitative estimate of drug-likeness (QED) is 0.271. The molecule has 5 bridgehead atoms. The average molecular weight is 776 g/mol. The monoisotopic (exact) mass is 774 g/mol. The first-order valence-corrected chi connectivity index (χ1v) is 18.6. The molecule has 14 heteroatoms. The summed E-state index contributed by atoms with van der Waals surface area (Å²) in [5, 5.41) is 22.4. The van der Waals surface area contributed by atoms with Gasteiger partial charge < -0.3 is 29.7 Å². The third-order valence-corrected chi connectivity index (χ3v) is 11.7. The summed E-state index contributed by atoms with van der Waals surface area (Å²) in [6, 6.07) is 14.0. The number of nitrogens with zero attached hydrogens (tertiary/aromatic N) is 5. The van der Waals surface area contributed by atoms with Gasteiger partial charge in [-0.1, -0.05) is 96.0 Å². The summed E-state index contributed by atoms with van der Waals surface area (Å²) in [7, 11) is 0. The highest BCUT2D eigenvalue weighted by Crippen LogP contribution is 2.59. The van der Waals surface area contributed by atoms with E-state index in [1.807, 2.05) is 80.6 Å². The number of para-hydroxylation sites is 1. The lowest BCUT2D eigenvalue weighted by atomic mass is 9.74. The molecule has 7 rings (SSSR count). The number of carbonyl (C=O) groups excluding carboxylic acids is 4. The molecular weight excluding hydrogens is 732 g/mol. The Morgan fingerprint density at radius 1 is 1.04 bits per heavy atom. The van der Waals surface area contributed by atoms with E-state index in [4.69, 9.17) is 9.47 Å². The maximum atomic E-state index is 15.2. The Bertz CT molecular complexity index is 1920. The van der Waals surface area contributed by atoms with Crippen LogP contribution in [-0.2, 0) is 35.3 Å². The molecule has 52 heavy (non-hydrogen) atoms. The predicted molar refractivity (Wildman–Crippen MR) is 193 cm³/mol. The number of cyclic esters (lactones) is 1. The van der Waals surface area contributed by atoms with Crippen molar-refractivity contribution in [2.75, 3.05) is 13.2 Å². The normalized spacial score (nSPS) is 31.3. The smallest absolute Gasteiger partial charge is 0.313 e. The van der Waals surface area contributed by atoms with Crippen LogP contribution in [0.3, 0.4) is 0 Å². The summed E-state index contributed by atoms with van der Waals surface area (Å²) in [6.07, 6.45) is 4.86. The van der Waals surface area contributed by atoms with Crippen LogP contribution < -0.4 is 5.32 Å². The first-order valence-electron chi connectivity index (χ1n) is 17.9. The number of fused-ring (bicyclic) bond motifs is 3. The van der Waals surface area contributed by atoms with Gasteiger partial charge in [0.05, 0.1) is 30.1 Å². The molecule has 3 amide bonds. The van der Waals surface area contributed by atoms with E-state index < -0.39 is 72.2 Å². The van der Waals surface area contributed by atoms with Crippen LogP contribution in [-0.4, -0.2) is 96.6 Å². The van der Waals surface area contributed by atoms with Gasteiger partial charge in [0.2, 0.25) is 11.8 Å². The Balaban J connectivity index is 1.35. The molecule has 2 fully saturated rings. The van der Waals surface area contributed by atoms with Crippen LogP contribution in [0.5, 0.6) is 0 Å². The van der Waals surface area contributed by atoms with Crippen LogP contribution >= 0.6 is 15.9 Å². The fourth-order valence-corrected chi connectivity index (χ4v) is 8.93. The van der Waals surface area contributed by atoms with Crippen molar-refractivity contribution in [1.82, 2.24) is 30.1 Å². The van der Waals surface area contributed by atoms with Crippen molar-refractivity contribution in [3.8, 4) is 0 Å². The van der Waals surface area contributed by atoms with E-state index in [0.29, 0.717) is 33.9 Å². The molecule has 13 nitrogen and oxygen atoms in total. The molecule has 0 unspecified atom stereocenters. The number of nitrogens with one attached hydrogen (secondary N) is 1. The molecule has 0 aliphatic carbocycles. The summed E-state index contributed by atoms with van der Waals surface area (Å²) in [5.41, 5.74) is 0.512. The lowest BCUT2D eigenvalue weighted by Crippen LogP contribution is -2.59. The van der Waals surface area contributed by atoms with E-state index in [0.717, 1.165) is 0 Å². The molecule has 4 aliphatic heterocycles. The summed E-state index contributed by atoms with van der Waals surface area (Å²) >= 11 is 3.62. The van der Waals surface area contributed by atoms with Crippen molar-refractivity contribution in [3.05, 3.63) is 82.9 Å². The van der Waals surface area contributed by atoms with Crippen LogP contribution in [0.15, 0.2) is 77.3 Å². The number of ether oxygens (including phenoxy) is 2. The second-order valence-electron chi connectivity index (χ2n) is 14.1. The molecule has 2 saturated heterocycles. The van der Waals surface area contributed by atoms with E-state index in [9.17, 15) is 19.5 Å². The third kappa shape index (κ3) is 6.13. The topological polar surface area (TPSA) is 156 Å². The molecule has 1 aromatic heterocycles. The highest BCUT2D eigenvalue weighted by atomic mass is 79.9. The van der Waals surface area contributed by atoms with Crippen molar-refractivity contribution >= 4 is 50.7 Å². The number of benzene rings is 2. The van der Waals surface area contributed by atoms with Gasteiger partial charge in [-0.2, -0.15) is 0 Å². The minimum atomic E-state index is -1.54. The van der Waals surface area contributed by atoms with Crippen molar-refractivity contribution in [1.29, 1.82) is 0 Å². The highest BCUT2D eigenvalue weighted by molar-refractivity contribution is 9.11. The number of allylic oxidation sites excluding steroid dienone is 1. The van der Waals surface area contributed by atoms with Gasteiger partial charge in [-0.3, -0.25) is 19.2 Å². The van der Waals surface area contributed by atoms with Gasteiger partial charge in [-0.05, 0) is 43.0 Å². The van der Waals surface area contributed by atoms with Gasteiger partial charge in [0.1, 0.15) is 42.0 Å². The minimum Gasteiger partial charge on any atom is -0.455 e. The van der Waals surface area contributed by atoms with Crippen molar-refractivity contribution in [2.24, 2.45) is 17.8 Å². The largest absolute Gasteiger partial charge is 0.455 e. The number of halogens is 1. The lowest BCUT2D eigenvalue weighted by molar-refractivity contribution is -0.162. The molecule has 5 heterocycles. The molecule has 3 aromatic rings. The molecule has 2 aromatic carbocycles. The highest BCUT2D eigenvalue weighted by Gasteiger charge is 2.75. The third-order valence-electron chi connectivity index (χ3n) is 11.0. The zero-order valence-corrected chi connectivity index (χ0v) is 30.9. The van der Waals surface area contributed by atoms with Crippen LogP contribution in [0.4, 0.5) is 0 Å². The Hall–Kier alpha value is -4.40. The molecule has 274 valence electrons. The fraction of sp³-hybridized carbons (Fsp3) is 0.474. The average Bonchev–Trinajstić information content (AvgIpc) is 3.87. The number of hydrogen-bond donors (Lipinski definition) is 2. The number of hydrogen-bond acceptors (Lipinski definition) is 9. The van der Waals surface area contributed by atoms with E-state index in [1.54, 1.807) is 22.6 Å². The molecule has 2 N–H and O–H groups in total. The Kier molecular flexibility index (Phi) is 10.1. The van der Waals surface area contributed by atoms with Gasteiger partial charge >= 0.3 is 5.97 Å². The Morgan fingerprint density at radius 3 is 2.54 bits per heavy atom. The van der Waals surface area contributed by atoms with E-state index in [2.05, 4.69) is 31.6 Å². The van der Waals surface area contributed by atoms with Crippen molar-refractivity contribution in [2.45, 2.75) is 82.6 Å². The summed E-state index contributed by atoms with van der Waals surface area (Å²) < 4.78 is 15.1. The second-order valence-corrected chi connectivity index (χ2v) is 15.0. The zero-order chi connectivity index (χ0) is 36.7. The number of amides is 3. The fourth-order valence-electron chi connectivity index (χ4n) is 8.19. The summed E-state index contributed by atoms with van der Waals surface area (Å²) in [5.74, 6) is -4.21. The van der Waals surface area contributed by atoms with E-state index in [1.165, 1.54) is 4.90 Å². The first-order chi connectivity index (χ1) is 25.1. The molecule has 4 aliphatic rings. The number of aliphatic hydroxyl groups excluding tert-OH is 1. The van der Waals surface area contributed by atoms with Crippen LogP contribution in [0, 0.1) is 17.8 Å². The lowest BCUT2D eigenvalue weighted by Gasteiger charge is -2.40. The predicted octanol–water partition coefficient (Wildman–Crippen LogP) is 3.64. The van der Waals surface area contributed by atoms with Gasteiger partial charge in [-0.25, -0.2) is 4.68 Å². The van der Waals surface area contributed by atoms with E-state index >= 15 is 4.79 Å². The standard InChI is InChI=1S/C38H43BrN6O7/c1-4-22(2)28(20-46)45-34-36(49)43(21-44-27-16-11-10-15-26(27)41-42-44)18-12-6-9-17-29(47)40-23(3)32(24-13-7-5-8-14-24)51-37(50)30-31(35(45)48)38(34)19-25(39)33(30)52-38/h5-8,10-16,19,22-23,28,30-34,46H,4,9,17-18,20-21H2,1-3H3,(H,40,47)/b12-6-/t22-,23-,28-,30+,31-,32+,33+,34+,38-/m0/s1. The molecule has 0 radical (unpaired) electrons. The number of carbonyl (C=O) groups is 4. The van der Waals surface area contributed by atoms with Crippen LogP contribution in [0.1, 0.15) is 51.7 Å². The maximum absolute atomic E-state index is 15.2. The summed E-state index contributed by atoms with van der Waals surface area (Å²) in [6.45, 7) is 5.39. The number of esters is 1. The van der Waals surface area contributed by atoms with Crippen LogP contribution in [0.25, 0.3) is 11.0 Å². The van der Waals surface area contributed by atoms with Crippen molar-refractivity contribution < 1.29 is 33.8 Å². The minimum absolute atomic E-state index is 0.00732. The van der Waals surface area contributed by atoms with Gasteiger partial charge in [0, 0.05) is 17.4 Å². The number of aromatic nitrogens is 3. The van der Waals surface area contributed by atoms with Gasteiger partial charge in [0.15, 0.2) is 0 Å². The number of likely N-dealkylation sites (tertiary alicyclic amines) is 1. The molecule has 0 saturated carbocycles. The van der Waals surface area contributed by atoms with Gasteiger partial charge in [-0.15, -0.1) is 5.10 Å². The Morgan fingerprint density at radius 2 is 1.79 bits per heavy atom. The molecular formula is C38H43BrN6O7. The number of rotatable bonds is 7. The summed E-state index contributed by atoms with van der Waals surface area (Å²) in [4.78, 5) is 60.8. The second kappa shape index (κ2) is 14.6. The van der Waals surface area contributed by atoms with Crippen LogP contribution in [0.2, 0.25) is 0 Å². The zero-order valence-electron chi connectivity index (χ0n) is 29.3. The number of aliphatic hydroxyl groups is 1.